The van der Waals surface area contributed by atoms with Gasteiger partial charge in [-0.1, -0.05) is 35.7 Å². The predicted molar refractivity (Wildman–Crippen MR) is 89.7 cm³/mol. The molecule has 2 N–H and O–H groups in total. The molecule has 0 aromatic heterocycles. The van der Waals surface area contributed by atoms with Crippen molar-refractivity contribution >= 4 is 15.9 Å². The Labute approximate surface area is 136 Å². The van der Waals surface area contributed by atoms with Crippen LogP contribution in [0.5, 0.6) is 5.75 Å². The first-order chi connectivity index (χ1) is 10.2. The fraction of sp³-hybridized carbons (Fsp3) is 0.647. The molecule has 1 aromatic rings. The molecular weight excluding hydrogens is 328 g/mol. The maximum absolute atomic E-state index is 6.16. The Kier molecular flexibility index (Phi) is 4.57. The van der Waals surface area contributed by atoms with E-state index in [1.807, 2.05) is 0 Å². The van der Waals surface area contributed by atoms with Crippen LogP contribution in [-0.4, -0.2) is 30.1 Å². The third-order valence-corrected chi connectivity index (χ3v) is 5.61. The lowest BCUT2D eigenvalue weighted by Gasteiger charge is -2.40. The number of fused-ring (bicyclic) bond motifs is 1. The van der Waals surface area contributed by atoms with Gasteiger partial charge in [0.2, 0.25) is 0 Å². The highest BCUT2D eigenvalue weighted by Crippen LogP contribution is 2.38. The summed E-state index contributed by atoms with van der Waals surface area (Å²) in [4.78, 5) is 2.57. The van der Waals surface area contributed by atoms with E-state index in [2.05, 4.69) is 39.9 Å². The van der Waals surface area contributed by atoms with Crippen LogP contribution in [0.15, 0.2) is 16.6 Å². The zero-order chi connectivity index (χ0) is 14.9. The molecule has 4 heteroatoms. The number of ether oxygens (including phenoxy) is 1. The highest BCUT2D eigenvalue weighted by Gasteiger charge is 2.38. The third-order valence-electron chi connectivity index (χ3n) is 5.15. The molecule has 1 heterocycles. The van der Waals surface area contributed by atoms with Gasteiger partial charge in [-0.25, -0.2) is 0 Å². The van der Waals surface area contributed by atoms with Gasteiger partial charge in [0.1, 0.15) is 5.75 Å². The minimum atomic E-state index is 0.197. The van der Waals surface area contributed by atoms with E-state index >= 15 is 0 Å². The molecule has 3 nitrogen and oxygen atoms in total. The van der Waals surface area contributed by atoms with Crippen molar-refractivity contribution in [2.24, 2.45) is 5.73 Å². The average Bonchev–Trinajstić information content (AvgIpc) is 3.13. The number of nitrogens with two attached hydrogens (primary N) is 1. The number of halogens is 1. The van der Waals surface area contributed by atoms with Crippen molar-refractivity contribution in [1.82, 2.24) is 4.90 Å². The van der Waals surface area contributed by atoms with Gasteiger partial charge in [0.25, 0.3) is 0 Å². The first-order valence-corrected chi connectivity index (χ1v) is 8.87. The van der Waals surface area contributed by atoms with Gasteiger partial charge < -0.3 is 10.5 Å². The van der Waals surface area contributed by atoms with Crippen LogP contribution in [0.1, 0.15) is 43.7 Å². The summed E-state index contributed by atoms with van der Waals surface area (Å²) in [5.41, 5.74) is 9.00. The Morgan fingerprint density at radius 1 is 1.33 bits per heavy atom. The van der Waals surface area contributed by atoms with Crippen LogP contribution in [0.3, 0.4) is 0 Å². The largest absolute Gasteiger partial charge is 0.493 e. The minimum absolute atomic E-state index is 0.197. The lowest BCUT2D eigenvalue weighted by Crippen LogP contribution is -2.51. The second kappa shape index (κ2) is 6.27. The molecule has 1 fully saturated rings. The molecule has 0 radical (unpaired) electrons. The van der Waals surface area contributed by atoms with Crippen molar-refractivity contribution in [3.63, 3.8) is 0 Å². The van der Waals surface area contributed by atoms with Crippen LogP contribution in [0.2, 0.25) is 0 Å². The van der Waals surface area contributed by atoms with Crippen molar-refractivity contribution in [2.75, 3.05) is 19.7 Å². The maximum atomic E-state index is 6.16. The minimum Gasteiger partial charge on any atom is -0.493 e. The number of nitrogens with zero attached hydrogens (tertiary/aromatic N) is 1. The number of hydrogen-bond acceptors (Lipinski definition) is 3. The first-order valence-electron chi connectivity index (χ1n) is 8.08. The smallest absolute Gasteiger partial charge is 0.127 e. The van der Waals surface area contributed by atoms with Crippen LogP contribution >= 0.6 is 15.9 Å². The molecule has 3 rings (SSSR count). The second-order valence-corrected chi connectivity index (χ2v) is 7.22. The SMILES string of the molecule is CCN(Cc1cc(Br)cc2c1OCC2)C1(CN)CCCC1. The van der Waals surface area contributed by atoms with Gasteiger partial charge in [-0.05, 0) is 37.1 Å². The molecule has 1 aliphatic heterocycles. The molecule has 1 saturated carbocycles. The Morgan fingerprint density at radius 2 is 2.10 bits per heavy atom. The summed E-state index contributed by atoms with van der Waals surface area (Å²) in [6, 6.07) is 4.41. The van der Waals surface area contributed by atoms with Gasteiger partial charge in [0.05, 0.1) is 6.61 Å². The van der Waals surface area contributed by atoms with Gasteiger partial charge in [-0.15, -0.1) is 0 Å². The van der Waals surface area contributed by atoms with E-state index in [4.69, 9.17) is 10.5 Å². The standard InChI is InChI=1S/C17H25BrN2O/c1-2-20(17(12-19)6-3-4-7-17)11-14-10-15(18)9-13-5-8-21-16(13)14/h9-10H,2-8,11-12,19H2,1H3. The summed E-state index contributed by atoms with van der Waals surface area (Å²) in [6.07, 6.45) is 6.10. The first kappa shape index (κ1) is 15.3. The van der Waals surface area contributed by atoms with Crippen LogP contribution < -0.4 is 10.5 Å². The van der Waals surface area contributed by atoms with Crippen molar-refractivity contribution in [3.05, 3.63) is 27.7 Å². The van der Waals surface area contributed by atoms with E-state index < -0.39 is 0 Å². The van der Waals surface area contributed by atoms with Gasteiger partial charge in [0.15, 0.2) is 0 Å². The molecule has 0 saturated heterocycles. The molecule has 116 valence electrons. The monoisotopic (exact) mass is 352 g/mol. The molecule has 0 spiro atoms. The average molecular weight is 353 g/mol. The third kappa shape index (κ3) is 2.86. The van der Waals surface area contributed by atoms with E-state index in [1.54, 1.807) is 0 Å². The Hall–Kier alpha value is -0.580. The fourth-order valence-electron chi connectivity index (χ4n) is 3.97. The highest BCUT2D eigenvalue weighted by molar-refractivity contribution is 9.10. The van der Waals surface area contributed by atoms with E-state index in [0.717, 1.165) is 42.9 Å². The Bertz CT molecular complexity index is 512. The lowest BCUT2D eigenvalue weighted by molar-refractivity contribution is 0.0960. The van der Waals surface area contributed by atoms with E-state index in [0.29, 0.717) is 0 Å². The van der Waals surface area contributed by atoms with Crippen molar-refractivity contribution in [1.29, 1.82) is 0 Å². The van der Waals surface area contributed by atoms with Gasteiger partial charge >= 0.3 is 0 Å². The zero-order valence-electron chi connectivity index (χ0n) is 12.8. The van der Waals surface area contributed by atoms with Crippen molar-refractivity contribution in [3.8, 4) is 5.75 Å². The molecule has 0 atom stereocenters. The van der Waals surface area contributed by atoms with E-state index in [-0.39, 0.29) is 5.54 Å². The highest BCUT2D eigenvalue weighted by atomic mass is 79.9. The predicted octanol–water partition coefficient (Wildman–Crippen LogP) is 3.48. The topological polar surface area (TPSA) is 38.5 Å². The lowest BCUT2D eigenvalue weighted by atomic mass is 9.94. The summed E-state index contributed by atoms with van der Waals surface area (Å²) in [5, 5.41) is 0. The Balaban J connectivity index is 1.88. The van der Waals surface area contributed by atoms with E-state index in [9.17, 15) is 0 Å². The fourth-order valence-corrected chi connectivity index (χ4v) is 4.52. The summed E-state index contributed by atoms with van der Waals surface area (Å²) in [5.74, 6) is 1.11. The molecule has 0 amide bonds. The molecule has 2 aliphatic rings. The number of benzene rings is 1. The van der Waals surface area contributed by atoms with Gasteiger partial charge in [0, 0.05) is 35.1 Å². The second-order valence-electron chi connectivity index (χ2n) is 6.30. The summed E-state index contributed by atoms with van der Waals surface area (Å²) in [7, 11) is 0. The van der Waals surface area contributed by atoms with E-state index in [1.165, 1.54) is 36.8 Å². The van der Waals surface area contributed by atoms with Crippen LogP contribution in [-0.2, 0) is 13.0 Å². The molecule has 1 aliphatic carbocycles. The van der Waals surface area contributed by atoms with Crippen molar-refractivity contribution < 1.29 is 4.74 Å². The van der Waals surface area contributed by atoms with Crippen molar-refractivity contribution in [2.45, 2.75) is 51.1 Å². The molecule has 0 bridgehead atoms. The number of hydrogen-bond donors (Lipinski definition) is 1. The quantitative estimate of drug-likeness (QED) is 0.881. The van der Waals surface area contributed by atoms with Gasteiger partial charge in [-0.3, -0.25) is 4.90 Å². The molecule has 0 unspecified atom stereocenters. The van der Waals surface area contributed by atoms with Crippen LogP contribution in [0.4, 0.5) is 0 Å². The maximum Gasteiger partial charge on any atom is 0.127 e. The Morgan fingerprint density at radius 3 is 2.76 bits per heavy atom. The van der Waals surface area contributed by atoms with Crippen LogP contribution in [0, 0.1) is 0 Å². The summed E-state index contributed by atoms with van der Waals surface area (Å²) in [6.45, 7) is 5.80. The van der Waals surface area contributed by atoms with Crippen LogP contribution in [0.25, 0.3) is 0 Å². The van der Waals surface area contributed by atoms with Gasteiger partial charge in [-0.2, -0.15) is 0 Å². The molecule has 1 aromatic carbocycles. The molecular formula is C17H25BrN2O. The number of likely N-dealkylation sites (N-methyl/N-ethyl adjacent to an activating group) is 1. The number of rotatable bonds is 5. The normalized spacial score (nSPS) is 19.8. The molecule has 21 heavy (non-hydrogen) atoms. The summed E-state index contributed by atoms with van der Waals surface area (Å²) >= 11 is 3.64. The summed E-state index contributed by atoms with van der Waals surface area (Å²) < 4.78 is 7.04. The zero-order valence-corrected chi connectivity index (χ0v) is 14.4.